The highest BCUT2D eigenvalue weighted by molar-refractivity contribution is 6.30. The fourth-order valence-corrected chi connectivity index (χ4v) is 3.79. The second-order valence-corrected chi connectivity index (χ2v) is 7.15. The standard InChI is InChI=1S/C22H19ClO4/c1-14-11-12-22(21(26)27,13-18(14)20(24)25)19(15-5-3-2-4-6-15)16-7-9-17(23)10-8-16/h2-12,19H,13H2,1H3,(H,24,25)(H,26,27). The average molecular weight is 383 g/mol. The molecule has 0 fully saturated rings. The first-order valence-corrected chi connectivity index (χ1v) is 8.89. The average Bonchev–Trinajstić information content (AvgIpc) is 2.65. The minimum absolute atomic E-state index is 0.0951. The highest BCUT2D eigenvalue weighted by Gasteiger charge is 2.48. The number of allylic oxidation sites excluding steroid dienone is 2. The Balaban J connectivity index is 2.23. The molecule has 138 valence electrons. The Morgan fingerprint density at radius 1 is 1.00 bits per heavy atom. The van der Waals surface area contributed by atoms with Gasteiger partial charge in [-0.25, -0.2) is 4.79 Å². The van der Waals surface area contributed by atoms with Crippen molar-refractivity contribution in [3.63, 3.8) is 0 Å². The van der Waals surface area contributed by atoms with E-state index in [4.69, 9.17) is 11.6 Å². The van der Waals surface area contributed by atoms with Gasteiger partial charge < -0.3 is 10.2 Å². The minimum atomic E-state index is -1.41. The molecular formula is C22H19ClO4. The van der Waals surface area contributed by atoms with Crippen molar-refractivity contribution in [2.24, 2.45) is 5.41 Å². The zero-order valence-corrected chi connectivity index (χ0v) is 15.5. The first-order chi connectivity index (χ1) is 12.8. The molecule has 4 nitrogen and oxygen atoms in total. The molecule has 0 heterocycles. The molecule has 0 saturated carbocycles. The molecule has 1 aliphatic carbocycles. The van der Waals surface area contributed by atoms with Gasteiger partial charge >= 0.3 is 11.9 Å². The lowest BCUT2D eigenvalue weighted by Gasteiger charge is -2.38. The molecule has 2 aromatic rings. The zero-order valence-electron chi connectivity index (χ0n) is 14.7. The Morgan fingerprint density at radius 3 is 2.15 bits per heavy atom. The van der Waals surface area contributed by atoms with Crippen molar-refractivity contribution < 1.29 is 19.8 Å². The number of carbonyl (C=O) groups is 2. The molecule has 5 heteroatoms. The topological polar surface area (TPSA) is 74.6 Å². The number of aliphatic carboxylic acids is 2. The maximum absolute atomic E-state index is 12.5. The number of hydrogen-bond acceptors (Lipinski definition) is 2. The second kappa shape index (κ2) is 7.41. The minimum Gasteiger partial charge on any atom is -0.481 e. The van der Waals surface area contributed by atoms with Crippen LogP contribution in [0.1, 0.15) is 30.4 Å². The Labute approximate surface area is 162 Å². The summed E-state index contributed by atoms with van der Waals surface area (Å²) in [5, 5.41) is 20.4. The highest BCUT2D eigenvalue weighted by Crippen LogP contribution is 2.49. The van der Waals surface area contributed by atoms with Gasteiger partial charge in [0, 0.05) is 22.9 Å². The molecule has 0 aliphatic heterocycles. The van der Waals surface area contributed by atoms with Gasteiger partial charge in [0.05, 0.1) is 0 Å². The predicted octanol–water partition coefficient (Wildman–Crippen LogP) is 4.90. The third-order valence-electron chi connectivity index (χ3n) is 5.08. The number of rotatable bonds is 5. The van der Waals surface area contributed by atoms with E-state index in [0.29, 0.717) is 10.6 Å². The molecule has 0 spiro atoms. The van der Waals surface area contributed by atoms with Gasteiger partial charge in [-0.05, 0) is 35.8 Å². The van der Waals surface area contributed by atoms with Crippen LogP contribution in [0.15, 0.2) is 77.9 Å². The van der Waals surface area contributed by atoms with Gasteiger partial charge in [0.25, 0.3) is 0 Å². The smallest absolute Gasteiger partial charge is 0.331 e. The molecular weight excluding hydrogens is 364 g/mol. The number of carboxylic acid groups (broad SMARTS) is 2. The number of benzene rings is 2. The number of carboxylic acids is 2. The van der Waals surface area contributed by atoms with Crippen LogP contribution in [0, 0.1) is 5.41 Å². The third kappa shape index (κ3) is 3.53. The SMILES string of the molecule is CC1=C(C(=O)O)CC(C(=O)O)(C(c2ccccc2)c2ccc(Cl)cc2)C=C1. The summed E-state index contributed by atoms with van der Waals surface area (Å²) in [4.78, 5) is 24.2. The molecule has 1 aliphatic rings. The number of halogens is 1. The van der Waals surface area contributed by atoms with Gasteiger partial charge in [0.1, 0.15) is 5.41 Å². The van der Waals surface area contributed by atoms with Crippen molar-refractivity contribution >= 4 is 23.5 Å². The molecule has 0 amide bonds. The van der Waals surface area contributed by atoms with Crippen LogP contribution in [-0.2, 0) is 9.59 Å². The molecule has 27 heavy (non-hydrogen) atoms. The maximum Gasteiger partial charge on any atom is 0.331 e. The fourth-order valence-electron chi connectivity index (χ4n) is 3.67. The van der Waals surface area contributed by atoms with Crippen molar-refractivity contribution in [1.82, 2.24) is 0 Å². The van der Waals surface area contributed by atoms with Crippen molar-refractivity contribution in [3.8, 4) is 0 Å². The summed E-state index contributed by atoms with van der Waals surface area (Å²) in [6.45, 7) is 1.69. The lowest BCUT2D eigenvalue weighted by molar-refractivity contribution is -0.147. The van der Waals surface area contributed by atoms with Crippen LogP contribution in [-0.4, -0.2) is 22.2 Å². The molecule has 2 aromatic carbocycles. The first-order valence-electron chi connectivity index (χ1n) is 8.51. The second-order valence-electron chi connectivity index (χ2n) is 6.72. The zero-order chi connectivity index (χ0) is 19.6. The Kier molecular flexibility index (Phi) is 5.19. The molecule has 0 saturated heterocycles. The molecule has 0 radical (unpaired) electrons. The molecule has 3 rings (SSSR count). The van der Waals surface area contributed by atoms with E-state index in [1.165, 1.54) is 0 Å². The van der Waals surface area contributed by atoms with Gasteiger partial charge in [-0.1, -0.05) is 66.2 Å². The van der Waals surface area contributed by atoms with E-state index in [0.717, 1.165) is 11.1 Å². The first kappa shape index (κ1) is 18.9. The van der Waals surface area contributed by atoms with Gasteiger partial charge in [-0.2, -0.15) is 0 Å². The van der Waals surface area contributed by atoms with Crippen LogP contribution in [0.25, 0.3) is 0 Å². The highest BCUT2D eigenvalue weighted by atomic mass is 35.5. The lowest BCUT2D eigenvalue weighted by atomic mass is 9.63. The van der Waals surface area contributed by atoms with E-state index < -0.39 is 23.3 Å². The maximum atomic E-state index is 12.5. The van der Waals surface area contributed by atoms with E-state index >= 15 is 0 Å². The van der Waals surface area contributed by atoms with Crippen LogP contribution < -0.4 is 0 Å². The molecule has 0 aromatic heterocycles. The quantitative estimate of drug-likeness (QED) is 0.770. The normalized spacial score (nSPS) is 20.4. The van der Waals surface area contributed by atoms with Gasteiger partial charge in [-0.15, -0.1) is 0 Å². The van der Waals surface area contributed by atoms with E-state index in [2.05, 4.69) is 0 Å². The van der Waals surface area contributed by atoms with Gasteiger partial charge in [0.15, 0.2) is 0 Å². The number of hydrogen-bond donors (Lipinski definition) is 2. The Morgan fingerprint density at radius 2 is 1.59 bits per heavy atom. The Hall–Kier alpha value is -2.85. The van der Waals surface area contributed by atoms with Crippen molar-refractivity contribution in [3.05, 3.63) is 94.0 Å². The van der Waals surface area contributed by atoms with Gasteiger partial charge in [-0.3, -0.25) is 4.79 Å². The summed E-state index contributed by atoms with van der Waals surface area (Å²) in [5.41, 5.74) is 0.845. The summed E-state index contributed by atoms with van der Waals surface area (Å²) in [7, 11) is 0. The van der Waals surface area contributed by atoms with Crippen molar-refractivity contribution in [1.29, 1.82) is 0 Å². The lowest BCUT2D eigenvalue weighted by Crippen LogP contribution is -2.39. The molecule has 2 N–H and O–H groups in total. The van der Waals surface area contributed by atoms with Crippen LogP contribution in [0.3, 0.4) is 0 Å². The van der Waals surface area contributed by atoms with E-state index in [9.17, 15) is 19.8 Å². The summed E-state index contributed by atoms with van der Waals surface area (Å²) < 4.78 is 0. The third-order valence-corrected chi connectivity index (χ3v) is 5.34. The van der Waals surface area contributed by atoms with Crippen LogP contribution in [0.2, 0.25) is 5.02 Å². The van der Waals surface area contributed by atoms with Crippen LogP contribution in [0.5, 0.6) is 0 Å². The molecule has 2 unspecified atom stereocenters. The summed E-state index contributed by atoms with van der Waals surface area (Å²) in [6, 6.07) is 16.3. The van der Waals surface area contributed by atoms with Crippen molar-refractivity contribution in [2.75, 3.05) is 0 Å². The van der Waals surface area contributed by atoms with Crippen molar-refractivity contribution in [2.45, 2.75) is 19.3 Å². The monoisotopic (exact) mass is 382 g/mol. The van der Waals surface area contributed by atoms with E-state index in [1.807, 2.05) is 30.3 Å². The summed E-state index contributed by atoms with van der Waals surface area (Å²) in [5.74, 6) is -2.72. The Bertz CT molecular complexity index is 929. The summed E-state index contributed by atoms with van der Waals surface area (Å²) in [6.07, 6.45) is 3.14. The van der Waals surface area contributed by atoms with E-state index in [1.54, 1.807) is 43.3 Å². The van der Waals surface area contributed by atoms with Gasteiger partial charge in [0.2, 0.25) is 0 Å². The van der Waals surface area contributed by atoms with Crippen LogP contribution >= 0.6 is 11.6 Å². The summed E-state index contributed by atoms with van der Waals surface area (Å²) >= 11 is 6.01. The van der Waals surface area contributed by atoms with Crippen LogP contribution in [0.4, 0.5) is 0 Å². The molecule has 2 atom stereocenters. The molecule has 0 bridgehead atoms. The largest absolute Gasteiger partial charge is 0.481 e. The predicted molar refractivity (Wildman–Crippen MR) is 104 cm³/mol. The fraction of sp³-hybridized carbons (Fsp3) is 0.182. The van der Waals surface area contributed by atoms with E-state index in [-0.39, 0.29) is 12.0 Å².